The molecular formula is C30H24F3N7O. The monoisotopic (exact) mass is 555 g/mol. The summed E-state index contributed by atoms with van der Waals surface area (Å²) in [6.07, 6.45) is 3.33. The fraction of sp³-hybridized carbons (Fsp3) is 0.133. The van der Waals surface area contributed by atoms with Crippen molar-refractivity contribution in [3.8, 4) is 22.9 Å². The molecule has 0 aliphatic carbocycles. The second-order valence-corrected chi connectivity index (χ2v) is 9.55. The summed E-state index contributed by atoms with van der Waals surface area (Å²) in [6.45, 7) is 1.24. The molecule has 0 atom stereocenters. The molecule has 0 aliphatic rings. The molecule has 0 saturated heterocycles. The summed E-state index contributed by atoms with van der Waals surface area (Å²) in [4.78, 5) is 20.2. The normalized spacial score (nSPS) is 11.1. The third-order valence-electron chi connectivity index (χ3n) is 6.61. The van der Waals surface area contributed by atoms with E-state index in [0.29, 0.717) is 18.8 Å². The van der Waals surface area contributed by atoms with Crippen LogP contribution in [-0.2, 0) is 0 Å². The van der Waals surface area contributed by atoms with Gasteiger partial charge in [-0.15, -0.1) is 0 Å². The second-order valence-electron chi connectivity index (χ2n) is 9.55. The van der Waals surface area contributed by atoms with Gasteiger partial charge in [0.2, 0.25) is 0 Å². The number of nitriles is 1. The summed E-state index contributed by atoms with van der Waals surface area (Å²) in [7, 11) is 3.87. The zero-order valence-electron chi connectivity index (χ0n) is 22.1. The standard InChI is InChI=1S/C30H24F3N7O/c1-38(2)12-13-39(21-4-3-11-36-17-21)19-5-7-22(26(32)15-19)23-8-9-24-28(30(35)41)37-40(29(24)27(23)33)20-6-10-25(31)18(14-20)16-34/h3-11,14-15,17H,12-13H2,1-2H3,(H2,35,41). The van der Waals surface area contributed by atoms with Crippen molar-refractivity contribution >= 4 is 28.2 Å². The van der Waals surface area contributed by atoms with E-state index >= 15 is 8.78 Å². The molecule has 2 heterocycles. The second kappa shape index (κ2) is 11.1. The Hall–Kier alpha value is -5.21. The minimum atomic E-state index is -0.910. The maximum Gasteiger partial charge on any atom is 0.269 e. The number of aromatic nitrogens is 3. The topological polar surface area (TPSA) is 104 Å². The van der Waals surface area contributed by atoms with E-state index in [-0.39, 0.29) is 39.0 Å². The number of fused-ring (bicyclic) bond motifs is 1. The summed E-state index contributed by atoms with van der Waals surface area (Å²) >= 11 is 0. The number of nitrogens with two attached hydrogens (primary N) is 1. The van der Waals surface area contributed by atoms with E-state index in [2.05, 4.69) is 10.1 Å². The summed E-state index contributed by atoms with van der Waals surface area (Å²) in [5, 5.41) is 13.5. The lowest BCUT2D eigenvalue weighted by atomic mass is 10.0. The van der Waals surface area contributed by atoms with Crippen LogP contribution in [0.4, 0.5) is 24.5 Å². The molecule has 5 aromatic rings. The number of primary amides is 1. The maximum absolute atomic E-state index is 16.2. The molecule has 8 nitrogen and oxygen atoms in total. The molecule has 1 amide bonds. The molecule has 2 aromatic heterocycles. The fourth-order valence-electron chi connectivity index (χ4n) is 4.59. The number of pyridine rings is 1. The predicted molar refractivity (Wildman–Crippen MR) is 149 cm³/mol. The number of carbonyl (C=O) groups is 1. The molecule has 206 valence electrons. The Morgan fingerprint density at radius 3 is 2.41 bits per heavy atom. The van der Waals surface area contributed by atoms with Crippen LogP contribution in [0.5, 0.6) is 0 Å². The van der Waals surface area contributed by atoms with Gasteiger partial charge in [-0.1, -0.05) is 6.07 Å². The number of hydrogen-bond donors (Lipinski definition) is 1. The number of rotatable bonds is 8. The van der Waals surface area contributed by atoms with Crippen LogP contribution >= 0.6 is 0 Å². The summed E-state index contributed by atoms with van der Waals surface area (Å²) in [6, 6.07) is 16.2. The van der Waals surface area contributed by atoms with Crippen molar-refractivity contribution in [3.63, 3.8) is 0 Å². The summed E-state index contributed by atoms with van der Waals surface area (Å²) < 4.78 is 46.9. The van der Waals surface area contributed by atoms with E-state index in [1.165, 1.54) is 36.4 Å². The Morgan fingerprint density at radius 1 is 0.976 bits per heavy atom. The Morgan fingerprint density at radius 2 is 1.76 bits per heavy atom. The first-order chi connectivity index (χ1) is 19.7. The van der Waals surface area contributed by atoms with Gasteiger partial charge >= 0.3 is 0 Å². The van der Waals surface area contributed by atoms with E-state index in [0.717, 1.165) is 16.4 Å². The molecule has 41 heavy (non-hydrogen) atoms. The molecule has 5 rings (SSSR count). The molecule has 11 heteroatoms. The van der Waals surface area contributed by atoms with Crippen molar-refractivity contribution in [2.24, 2.45) is 5.73 Å². The van der Waals surface area contributed by atoms with Crippen molar-refractivity contribution in [1.82, 2.24) is 19.7 Å². The van der Waals surface area contributed by atoms with Gasteiger partial charge in [-0.2, -0.15) is 10.4 Å². The lowest BCUT2D eigenvalue weighted by molar-refractivity contribution is 0.0996. The van der Waals surface area contributed by atoms with E-state index < -0.39 is 23.4 Å². The molecule has 0 radical (unpaired) electrons. The third kappa shape index (κ3) is 5.20. The van der Waals surface area contributed by atoms with Crippen LogP contribution in [0.2, 0.25) is 0 Å². The highest BCUT2D eigenvalue weighted by Crippen LogP contribution is 2.36. The van der Waals surface area contributed by atoms with E-state index in [4.69, 9.17) is 5.73 Å². The molecule has 0 aliphatic heterocycles. The first-order valence-electron chi connectivity index (χ1n) is 12.5. The van der Waals surface area contributed by atoms with Gasteiger partial charge in [0.1, 0.15) is 23.2 Å². The van der Waals surface area contributed by atoms with Crippen LogP contribution in [0.15, 0.2) is 73.1 Å². The molecule has 3 aromatic carbocycles. The molecule has 0 bridgehead atoms. The molecule has 2 N–H and O–H groups in total. The minimum absolute atomic E-state index is 0.0166. The van der Waals surface area contributed by atoms with Crippen LogP contribution in [0, 0.1) is 28.8 Å². The van der Waals surface area contributed by atoms with E-state index in [1.54, 1.807) is 30.6 Å². The number of amides is 1. The van der Waals surface area contributed by atoms with Gasteiger partial charge in [-0.3, -0.25) is 9.78 Å². The molecular weight excluding hydrogens is 531 g/mol. The number of halogens is 3. The number of nitrogens with zero attached hydrogens (tertiary/aromatic N) is 6. The van der Waals surface area contributed by atoms with Crippen LogP contribution in [0.25, 0.3) is 27.7 Å². The number of anilines is 2. The Balaban J connectivity index is 1.64. The molecule has 0 spiro atoms. The zero-order chi connectivity index (χ0) is 29.3. The van der Waals surface area contributed by atoms with Crippen LogP contribution in [0.1, 0.15) is 16.1 Å². The Kier molecular flexibility index (Phi) is 7.42. The SMILES string of the molecule is CN(C)CCN(c1cccnc1)c1ccc(-c2ccc3c(C(N)=O)nn(-c4ccc(F)c(C#N)c4)c3c2F)c(F)c1. The van der Waals surface area contributed by atoms with Crippen LogP contribution in [-0.4, -0.2) is 52.8 Å². The van der Waals surface area contributed by atoms with Gasteiger partial charge in [0, 0.05) is 41.5 Å². The first kappa shape index (κ1) is 27.4. The lowest BCUT2D eigenvalue weighted by Gasteiger charge is -2.26. The maximum atomic E-state index is 16.2. The lowest BCUT2D eigenvalue weighted by Crippen LogP contribution is -2.28. The average Bonchev–Trinajstić information content (AvgIpc) is 3.35. The third-order valence-corrected chi connectivity index (χ3v) is 6.61. The molecule has 0 saturated carbocycles. The van der Waals surface area contributed by atoms with Gasteiger partial charge in [0.25, 0.3) is 5.91 Å². The highest BCUT2D eigenvalue weighted by atomic mass is 19.1. The molecule has 0 fully saturated rings. The number of hydrogen-bond acceptors (Lipinski definition) is 6. The largest absolute Gasteiger partial charge is 0.364 e. The highest BCUT2D eigenvalue weighted by Gasteiger charge is 2.24. The highest BCUT2D eigenvalue weighted by molar-refractivity contribution is 6.05. The first-order valence-corrected chi connectivity index (χ1v) is 12.5. The van der Waals surface area contributed by atoms with Crippen LogP contribution in [0.3, 0.4) is 0 Å². The minimum Gasteiger partial charge on any atom is -0.364 e. The van der Waals surface area contributed by atoms with Gasteiger partial charge in [0.15, 0.2) is 11.5 Å². The van der Waals surface area contributed by atoms with Crippen molar-refractivity contribution < 1.29 is 18.0 Å². The fourth-order valence-corrected chi connectivity index (χ4v) is 4.59. The quantitative estimate of drug-likeness (QED) is 0.283. The van der Waals surface area contributed by atoms with Crippen molar-refractivity contribution in [3.05, 3.63) is 102 Å². The summed E-state index contributed by atoms with van der Waals surface area (Å²) in [5.41, 5.74) is 6.16. The van der Waals surface area contributed by atoms with Crippen molar-refractivity contribution in [2.75, 3.05) is 32.1 Å². The van der Waals surface area contributed by atoms with Gasteiger partial charge in [-0.25, -0.2) is 17.9 Å². The van der Waals surface area contributed by atoms with Gasteiger partial charge in [-0.05, 0) is 68.7 Å². The summed E-state index contributed by atoms with van der Waals surface area (Å²) in [5.74, 6) is -3.22. The zero-order valence-corrected chi connectivity index (χ0v) is 22.1. The van der Waals surface area contributed by atoms with E-state index in [1.807, 2.05) is 30.0 Å². The average molecular weight is 556 g/mol. The van der Waals surface area contributed by atoms with E-state index in [9.17, 15) is 14.4 Å². The number of benzene rings is 3. The van der Waals surface area contributed by atoms with Crippen molar-refractivity contribution in [2.45, 2.75) is 0 Å². The number of carbonyl (C=O) groups excluding carboxylic acids is 1. The van der Waals surface area contributed by atoms with Crippen LogP contribution < -0.4 is 10.6 Å². The molecule has 0 unspecified atom stereocenters. The number of likely N-dealkylation sites (N-methyl/N-ethyl adjacent to an activating group) is 1. The predicted octanol–water partition coefficient (Wildman–Crippen LogP) is 5.18. The van der Waals surface area contributed by atoms with Gasteiger partial charge < -0.3 is 15.5 Å². The Labute approximate surface area is 233 Å². The Bertz CT molecular complexity index is 1810. The van der Waals surface area contributed by atoms with Gasteiger partial charge in [0.05, 0.1) is 23.1 Å². The van der Waals surface area contributed by atoms with Crippen molar-refractivity contribution in [1.29, 1.82) is 5.26 Å². The smallest absolute Gasteiger partial charge is 0.269 e.